The molecule has 0 aliphatic rings. The molecule has 5 nitrogen and oxygen atoms in total. The molecule has 0 spiro atoms. The van der Waals surface area contributed by atoms with E-state index in [1.54, 1.807) is 11.3 Å². The monoisotopic (exact) mass is 831 g/mol. The summed E-state index contributed by atoms with van der Waals surface area (Å²) in [6.07, 6.45) is 0. The number of benzene rings is 9. The van der Waals surface area contributed by atoms with Crippen LogP contribution in [0.5, 0.6) is 0 Å². The van der Waals surface area contributed by atoms with Gasteiger partial charge in [0.25, 0.3) is 0 Å². The van der Waals surface area contributed by atoms with Crippen molar-refractivity contribution >= 4 is 113 Å². The zero-order chi connectivity index (χ0) is 41.6. The Morgan fingerprint density at radius 2 is 0.906 bits per heavy atom. The highest BCUT2D eigenvalue weighted by molar-refractivity contribution is 7.25. The summed E-state index contributed by atoms with van der Waals surface area (Å²) >= 11 is 1.74. The fourth-order valence-corrected chi connectivity index (χ4v) is 12.0. The molecule has 15 aromatic rings. The van der Waals surface area contributed by atoms with Gasteiger partial charge in [-0.15, -0.1) is 11.3 Å². The molecule has 0 aliphatic carbocycles. The van der Waals surface area contributed by atoms with Gasteiger partial charge in [0.2, 0.25) is 5.95 Å². The van der Waals surface area contributed by atoms with Gasteiger partial charge in [-0.1, -0.05) is 133 Å². The van der Waals surface area contributed by atoms with Crippen molar-refractivity contribution in [3.63, 3.8) is 0 Å². The van der Waals surface area contributed by atoms with E-state index >= 15 is 0 Å². The second-order valence-corrected chi connectivity index (χ2v) is 17.9. The maximum absolute atomic E-state index is 5.78. The largest absolute Gasteiger partial charge is 0.309 e. The van der Waals surface area contributed by atoms with Crippen LogP contribution < -0.4 is 0 Å². The van der Waals surface area contributed by atoms with E-state index in [0.29, 0.717) is 5.95 Å². The van der Waals surface area contributed by atoms with E-state index in [1.807, 2.05) is 0 Å². The second kappa shape index (κ2) is 12.6. The van der Waals surface area contributed by atoms with Crippen LogP contribution in [0.4, 0.5) is 0 Å². The number of fused-ring (bicyclic) bond motifs is 16. The summed E-state index contributed by atoms with van der Waals surface area (Å²) in [7, 11) is 0. The molecular weight excluding hydrogens is 799 g/mol. The van der Waals surface area contributed by atoms with E-state index in [-0.39, 0.29) is 0 Å². The Labute approximate surface area is 369 Å². The van der Waals surface area contributed by atoms with Crippen LogP contribution in [0.15, 0.2) is 200 Å². The van der Waals surface area contributed by atoms with Crippen molar-refractivity contribution in [1.82, 2.24) is 23.5 Å². The topological polar surface area (TPSA) is 40.0 Å². The predicted molar refractivity (Wildman–Crippen MR) is 269 cm³/mol. The lowest BCUT2D eigenvalue weighted by atomic mass is 10.0. The molecular formula is C58H33N5S. The number of nitrogens with zero attached hydrogens (tertiary/aromatic N) is 5. The smallest absolute Gasteiger partial charge is 0.236 e. The predicted octanol–water partition coefficient (Wildman–Crippen LogP) is 15.5. The van der Waals surface area contributed by atoms with Crippen molar-refractivity contribution in [2.24, 2.45) is 0 Å². The molecule has 0 unspecified atom stereocenters. The van der Waals surface area contributed by atoms with Crippen LogP contribution in [0, 0.1) is 0 Å². The summed E-state index contributed by atoms with van der Waals surface area (Å²) in [6, 6.07) is 72.7. The highest BCUT2D eigenvalue weighted by Gasteiger charge is 2.27. The number of hydrogen-bond acceptors (Lipinski definition) is 3. The molecule has 6 heterocycles. The lowest BCUT2D eigenvalue weighted by Crippen LogP contribution is -2.03. The number of rotatable bonds is 4. The first kappa shape index (κ1) is 34.3. The molecule has 0 radical (unpaired) electrons. The second-order valence-electron chi connectivity index (χ2n) is 16.9. The van der Waals surface area contributed by atoms with Crippen LogP contribution >= 0.6 is 11.3 Å². The fraction of sp³-hybridized carbons (Fsp3) is 0. The third kappa shape index (κ3) is 4.51. The van der Waals surface area contributed by atoms with Crippen LogP contribution in [-0.2, 0) is 0 Å². The minimum Gasteiger partial charge on any atom is -0.309 e. The molecule has 0 aliphatic heterocycles. The molecule has 0 fully saturated rings. The molecule has 9 aromatic carbocycles. The fourth-order valence-electron chi connectivity index (χ4n) is 10.9. The third-order valence-corrected chi connectivity index (χ3v) is 14.7. The summed E-state index contributed by atoms with van der Waals surface area (Å²) < 4.78 is 8.40. The van der Waals surface area contributed by atoms with Gasteiger partial charge in [-0.05, 0) is 77.9 Å². The van der Waals surface area contributed by atoms with Crippen molar-refractivity contribution in [3.05, 3.63) is 200 Å². The molecule has 296 valence electrons. The van der Waals surface area contributed by atoms with E-state index in [0.717, 1.165) is 43.7 Å². The summed E-state index contributed by atoms with van der Waals surface area (Å²) in [6.45, 7) is 0. The van der Waals surface area contributed by atoms with Crippen molar-refractivity contribution in [1.29, 1.82) is 0 Å². The standard InChI is InChI=1S/C58H33N5S/c1-3-15-34(16-4-1)35-27-29-50-43(31-35)45-33-44-39-20-8-12-24-47(39)62-48-25-13-9-21-40(48)53(55(44)62)56(45)63(50)58-59-54(52-41-22-10-14-26-51(41)64-57(52)60-58)36-28-30-49-42(32-36)38-19-7-11-23-46(38)61(49)37-17-5-2-6-18-37/h1-33H. The molecule has 15 rings (SSSR count). The van der Waals surface area contributed by atoms with Gasteiger partial charge < -0.3 is 8.97 Å². The normalized spacial score (nSPS) is 12.4. The van der Waals surface area contributed by atoms with Gasteiger partial charge in [-0.2, -0.15) is 0 Å². The van der Waals surface area contributed by atoms with Gasteiger partial charge in [-0.25, -0.2) is 9.97 Å². The SMILES string of the molecule is c1ccc(-c2ccc3c(c2)c2cc4c5ccccc5n5c6ccccc6c(c2n3-c2nc(-c3ccc6c(c3)c3ccccc3n6-c3ccccc3)c3c(n2)sc2ccccc23)c45)cc1. The molecule has 6 heteroatoms. The van der Waals surface area contributed by atoms with Gasteiger partial charge in [-0.3, -0.25) is 4.57 Å². The summed E-state index contributed by atoms with van der Waals surface area (Å²) in [5.41, 5.74) is 13.7. The lowest BCUT2D eigenvalue weighted by molar-refractivity contribution is 1.02. The van der Waals surface area contributed by atoms with Crippen LogP contribution in [0.25, 0.3) is 136 Å². The molecule has 6 aromatic heterocycles. The van der Waals surface area contributed by atoms with Crippen molar-refractivity contribution < 1.29 is 0 Å². The average Bonchev–Trinajstić information content (AvgIpc) is 4.16. The van der Waals surface area contributed by atoms with Gasteiger partial charge in [0.05, 0.1) is 44.3 Å². The Morgan fingerprint density at radius 1 is 0.344 bits per heavy atom. The zero-order valence-corrected chi connectivity index (χ0v) is 35.0. The summed E-state index contributed by atoms with van der Waals surface area (Å²) in [5, 5.41) is 12.0. The van der Waals surface area contributed by atoms with Crippen molar-refractivity contribution in [2.45, 2.75) is 0 Å². The molecule has 0 saturated heterocycles. The van der Waals surface area contributed by atoms with E-state index < -0.39 is 0 Å². The first-order chi connectivity index (χ1) is 31.8. The highest BCUT2D eigenvalue weighted by Crippen LogP contribution is 2.48. The molecule has 64 heavy (non-hydrogen) atoms. The molecule has 0 amide bonds. The third-order valence-electron chi connectivity index (χ3n) is 13.6. The van der Waals surface area contributed by atoms with Crippen molar-refractivity contribution in [3.8, 4) is 34.0 Å². The highest BCUT2D eigenvalue weighted by atomic mass is 32.1. The minimum atomic E-state index is 0.663. The maximum atomic E-state index is 5.78. The van der Waals surface area contributed by atoms with Crippen LogP contribution in [-0.4, -0.2) is 23.5 Å². The Hall–Kier alpha value is -8.32. The van der Waals surface area contributed by atoms with Crippen LogP contribution in [0.2, 0.25) is 0 Å². The van der Waals surface area contributed by atoms with E-state index in [2.05, 4.69) is 214 Å². The number of aromatic nitrogens is 5. The van der Waals surface area contributed by atoms with Crippen LogP contribution in [0.3, 0.4) is 0 Å². The quantitative estimate of drug-likeness (QED) is 0.177. The maximum Gasteiger partial charge on any atom is 0.236 e. The van der Waals surface area contributed by atoms with Crippen LogP contribution in [0.1, 0.15) is 0 Å². The first-order valence-electron chi connectivity index (χ1n) is 21.7. The van der Waals surface area contributed by atoms with E-state index in [9.17, 15) is 0 Å². The zero-order valence-electron chi connectivity index (χ0n) is 34.2. The van der Waals surface area contributed by atoms with E-state index in [4.69, 9.17) is 9.97 Å². The van der Waals surface area contributed by atoms with Gasteiger partial charge in [0.15, 0.2) is 0 Å². The first-order valence-corrected chi connectivity index (χ1v) is 22.6. The molecule has 0 N–H and O–H groups in total. The van der Waals surface area contributed by atoms with Gasteiger partial charge in [0.1, 0.15) is 4.83 Å². The van der Waals surface area contributed by atoms with Gasteiger partial charge >= 0.3 is 0 Å². The molecule has 0 saturated carbocycles. The molecule has 0 atom stereocenters. The molecule has 0 bridgehead atoms. The van der Waals surface area contributed by atoms with Gasteiger partial charge in [0, 0.05) is 69.8 Å². The average molecular weight is 832 g/mol. The number of para-hydroxylation sites is 4. The summed E-state index contributed by atoms with van der Waals surface area (Å²) in [4.78, 5) is 12.4. The Bertz CT molecular complexity index is 4420. The van der Waals surface area contributed by atoms with Crippen molar-refractivity contribution in [2.75, 3.05) is 0 Å². The Kier molecular flexibility index (Phi) is 6.77. The number of thiophene rings is 1. The minimum absolute atomic E-state index is 0.663. The summed E-state index contributed by atoms with van der Waals surface area (Å²) in [5.74, 6) is 0.663. The number of hydrogen-bond donors (Lipinski definition) is 0. The Balaban J connectivity index is 1.10. The van der Waals surface area contributed by atoms with E-state index in [1.165, 1.54) is 86.4 Å². The lowest BCUT2D eigenvalue weighted by Gasteiger charge is -2.12. The Morgan fingerprint density at radius 3 is 1.70 bits per heavy atom.